The van der Waals surface area contributed by atoms with Gasteiger partial charge in [0.05, 0.1) is 23.7 Å². The molecule has 2 unspecified atom stereocenters. The summed E-state index contributed by atoms with van der Waals surface area (Å²) in [5.41, 5.74) is 11.3. The lowest BCUT2D eigenvalue weighted by atomic mass is 9.90. The Hall–Kier alpha value is -2.81. The van der Waals surface area contributed by atoms with Gasteiger partial charge >= 0.3 is 5.97 Å². The van der Waals surface area contributed by atoms with Crippen LogP contribution >= 0.6 is 0 Å². The van der Waals surface area contributed by atoms with Gasteiger partial charge in [-0.15, -0.1) is 0 Å². The average molecular weight is 418 g/mol. The number of carbonyl (C=O) groups is 1. The molecular formula is C21H27FN4O4. The molecule has 2 heterocycles. The number of nitrogen functional groups attached to an aromatic ring is 1. The van der Waals surface area contributed by atoms with Crippen molar-refractivity contribution in [1.29, 1.82) is 0 Å². The summed E-state index contributed by atoms with van der Waals surface area (Å²) < 4.78 is 22.9. The number of rotatable bonds is 5. The van der Waals surface area contributed by atoms with Crippen LogP contribution in [0.4, 0.5) is 15.8 Å². The molecule has 2 fully saturated rings. The second-order valence-corrected chi connectivity index (χ2v) is 8.22. The third kappa shape index (κ3) is 3.08. The van der Waals surface area contributed by atoms with E-state index in [0.29, 0.717) is 25.0 Å². The number of nitrogens with two attached hydrogens (primary N) is 2. The number of nitrogens with zero attached hydrogens (tertiary/aromatic N) is 2. The monoisotopic (exact) mass is 418 g/mol. The summed E-state index contributed by atoms with van der Waals surface area (Å²) in [7, 11) is 1.42. The summed E-state index contributed by atoms with van der Waals surface area (Å²) in [6.45, 7) is 3.14. The first-order valence-corrected chi connectivity index (χ1v) is 10.3. The number of hydrogen-bond donors (Lipinski definition) is 3. The Kier molecular flexibility index (Phi) is 5.09. The topological polar surface area (TPSA) is 124 Å². The Balaban J connectivity index is 2.03. The molecule has 1 saturated heterocycles. The minimum absolute atomic E-state index is 0.0241. The second-order valence-electron chi connectivity index (χ2n) is 8.22. The van der Waals surface area contributed by atoms with Crippen LogP contribution in [0.2, 0.25) is 0 Å². The Morgan fingerprint density at radius 2 is 2.07 bits per heavy atom. The van der Waals surface area contributed by atoms with Crippen molar-refractivity contribution in [2.75, 3.05) is 30.8 Å². The SMILES string of the molecule is CCC1CN(c2c(F)c(N)c3c(=O)c(C(=O)O)cn(C4CC4)c3c2OC)CCC1N. The molecule has 0 spiro atoms. The van der Waals surface area contributed by atoms with Gasteiger partial charge in [0.1, 0.15) is 11.3 Å². The van der Waals surface area contributed by atoms with E-state index in [0.717, 1.165) is 19.3 Å². The van der Waals surface area contributed by atoms with E-state index >= 15 is 4.39 Å². The summed E-state index contributed by atoms with van der Waals surface area (Å²) in [4.78, 5) is 26.4. The van der Waals surface area contributed by atoms with E-state index in [1.54, 1.807) is 4.57 Å². The molecule has 5 N–H and O–H groups in total. The molecule has 1 aromatic carbocycles. The van der Waals surface area contributed by atoms with Crippen LogP contribution in [0.15, 0.2) is 11.0 Å². The van der Waals surface area contributed by atoms with Crippen LogP contribution in [0.1, 0.15) is 49.0 Å². The number of methoxy groups -OCH3 is 1. The maximum Gasteiger partial charge on any atom is 0.341 e. The summed E-state index contributed by atoms with van der Waals surface area (Å²) in [6.07, 6.45) is 4.56. The lowest BCUT2D eigenvalue weighted by molar-refractivity contribution is 0.0695. The van der Waals surface area contributed by atoms with E-state index < -0.39 is 22.8 Å². The first-order chi connectivity index (χ1) is 14.3. The van der Waals surface area contributed by atoms with Crippen LogP contribution in [0.5, 0.6) is 5.75 Å². The van der Waals surface area contributed by atoms with Crippen molar-refractivity contribution in [2.24, 2.45) is 11.7 Å². The van der Waals surface area contributed by atoms with Crippen molar-refractivity contribution >= 4 is 28.2 Å². The van der Waals surface area contributed by atoms with E-state index in [4.69, 9.17) is 16.2 Å². The normalized spacial score (nSPS) is 21.8. The Labute approximate surface area is 173 Å². The van der Waals surface area contributed by atoms with Crippen LogP contribution in [0, 0.1) is 11.7 Å². The van der Waals surface area contributed by atoms with Crippen LogP contribution < -0.4 is 26.5 Å². The number of aromatic carboxylic acids is 1. The van der Waals surface area contributed by atoms with E-state index in [2.05, 4.69) is 6.92 Å². The fraction of sp³-hybridized carbons (Fsp3) is 0.524. The van der Waals surface area contributed by atoms with E-state index in [-0.39, 0.29) is 40.5 Å². The van der Waals surface area contributed by atoms with E-state index in [1.165, 1.54) is 13.3 Å². The van der Waals surface area contributed by atoms with Gasteiger partial charge in [-0.3, -0.25) is 4.79 Å². The average Bonchev–Trinajstić information content (AvgIpc) is 3.56. The van der Waals surface area contributed by atoms with Crippen LogP contribution in [-0.4, -0.2) is 41.9 Å². The van der Waals surface area contributed by atoms with Crippen LogP contribution in [0.25, 0.3) is 10.9 Å². The smallest absolute Gasteiger partial charge is 0.341 e. The van der Waals surface area contributed by atoms with Gasteiger partial charge in [-0.25, -0.2) is 9.18 Å². The molecule has 0 amide bonds. The maximum absolute atomic E-state index is 15.6. The Morgan fingerprint density at radius 1 is 1.37 bits per heavy atom. The van der Waals surface area contributed by atoms with Gasteiger partial charge in [0.15, 0.2) is 11.6 Å². The molecule has 1 aliphatic carbocycles. The molecule has 0 bridgehead atoms. The highest BCUT2D eigenvalue weighted by atomic mass is 19.1. The predicted molar refractivity (Wildman–Crippen MR) is 113 cm³/mol. The minimum atomic E-state index is -1.37. The van der Waals surface area contributed by atoms with Gasteiger partial charge in [0, 0.05) is 31.4 Å². The van der Waals surface area contributed by atoms with Crippen molar-refractivity contribution in [3.05, 3.63) is 27.8 Å². The zero-order valence-corrected chi connectivity index (χ0v) is 17.2. The fourth-order valence-electron chi connectivity index (χ4n) is 4.52. The number of halogens is 1. The third-order valence-electron chi connectivity index (χ3n) is 6.39. The van der Waals surface area contributed by atoms with Crippen molar-refractivity contribution in [2.45, 2.75) is 44.7 Å². The van der Waals surface area contributed by atoms with Crippen LogP contribution in [0.3, 0.4) is 0 Å². The summed E-state index contributed by atoms with van der Waals surface area (Å²) in [5, 5.41) is 9.34. The molecule has 2 aliphatic rings. The fourth-order valence-corrected chi connectivity index (χ4v) is 4.52. The molecule has 0 radical (unpaired) electrons. The molecule has 162 valence electrons. The van der Waals surface area contributed by atoms with Gasteiger partial charge in [-0.2, -0.15) is 0 Å². The number of benzene rings is 1. The summed E-state index contributed by atoms with van der Waals surface area (Å²) in [6, 6.07) is 0.0665. The Morgan fingerprint density at radius 3 is 2.63 bits per heavy atom. The van der Waals surface area contributed by atoms with Gasteiger partial charge in [0.2, 0.25) is 5.43 Å². The van der Waals surface area contributed by atoms with Gasteiger partial charge in [-0.1, -0.05) is 13.3 Å². The number of anilines is 2. The molecule has 8 nitrogen and oxygen atoms in total. The molecule has 30 heavy (non-hydrogen) atoms. The standard InChI is InChI=1S/C21H27FN4O4/c1-3-10-8-25(7-6-13(10)23)18-15(22)16(24)14-17(20(18)30-2)26(11-4-5-11)9-12(19(14)27)21(28)29/h9-11,13H,3-8,23-24H2,1-2H3,(H,28,29). The molecule has 1 aliphatic heterocycles. The number of pyridine rings is 1. The number of carboxylic acids is 1. The maximum atomic E-state index is 15.6. The number of ether oxygens (including phenoxy) is 1. The van der Waals surface area contributed by atoms with Crippen LogP contribution in [-0.2, 0) is 0 Å². The van der Waals surface area contributed by atoms with E-state index in [1.807, 2.05) is 4.90 Å². The summed E-state index contributed by atoms with van der Waals surface area (Å²) in [5.74, 6) is -1.72. The molecule has 2 aromatic rings. The first kappa shape index (κ1) is 20.5. The van der Waals surface area contributed by atoms with Gasteiger partial charge in [-0.05, 0) is 25.2 Å². The number of hydrogen-bond acceptors (Lipinski definition) is 6. The molecule has 1 saturated carbocycles. The molecule has 2 atom stereocenters. The number of carboxylic acid groups (broad SMARTS) is 1. The minimum Gasteiger partial charge on any atom is -0.492 e. The highest BCUT2D eigenvalue weighted by Crippen LogP contribution is 2.46. The van der Waals surface area contributed by atoms with Crippen molar-refractivity contribution in [3.8, 4) is 5.75 Å². The summed E-state index contributed by atoms with van der Waals surface area (Å²) >= 11 is 0. The second kappa shape index (κ2) is 7.46. The number of aromatic nitrogens is 1. The molecular weight excluding hydrogens is 391 g/mol. The third-order valence-corrected chi connectivity index (χ3v) is 6.39. The number of piperidine rings is 1. The number of fused-ring (bicyclic) bond motifs is 1. The lowest BCUT2D eigenvalue weighted by Crippen LogP contribution is -2.47. The van der Waals surface area contributed by atoms with Crippen molar-refractivity contribution < 1.29 is 19.0 Å². The first-order valence-electron chi connectivity index (χ1n) is 10.3. The largest absolute Gasteiger partial charge is 0.492 e. The predicted octanol–water partition coefficient (Wildman–Crippen LogP) is 2.33. The quantitative estimate of drug-likeness (QED) is 0.637. The van der Waals surface area contributed by atoms with Gasteiger partial charge in [0.25, 0.3) is 0 Å². The lowest BCUT2D eigenvalue weighted by Gasteiger charge is -2.39. The Bertz CT molecular complexity index is 1080. The van der Waals surface area contributed by atoms with Gasteiger partial charge < -0.3 is 30.8 Å². The molecule has 9 heteroatoms. The van der Waals surface area contributed by atoms with Crippen molar-refractivity contribution in [1.82, 2.24) is 4.57 Å². The molecule has 4 rings (SSSR count). The van der Waals surface area contributed by atoms with E-state index in [9.17, 15) is 14.7 Å². The highest BCUT2D eigenvalue weighted by Gasteiger charge is 2.35. The zero-order chi connectivity index (χ0) is 21.7. The zero-order valence-electron chi connectivity index (χ0n) is 17.2. The van der Waals surface area contributed by atoms with Crippen molar-refractivity contribution in [3.63, 3.8) is 0 Å². The molecule has 1 aromatic heterocycles. The highest BCUT2D eigenvalue weighted by molar-refractivity contribution is 6.03.